The van der Waals surface area contributed by atoms with E-state index in [1.165, 1.54) is 5.56 Å². The van der Waals surface area contributed by atoms with Crippen LogP contribution in [0.1, 0.15) is 32.8 Å². The number of nitrogens with one attached hydrogen (secondary N) is 1. The van der Waals surface area contributed by atoms with Crippen LogP contribution in [0.4, 0.5) is 0 Å². The van der Waals surface area contributed by atoms with Gasteiger partial charge in [0.05, 0.1) is 7.11 Å². The van der Waals surface area contributed by atoms with Crippen molar-refractivity contribution < 1.29 is 4.74 Å². The van der Waals surface area contributed by atoms with Crippen LogP contribution in [0, 0.1) is 0 Å². The van der Waals surface area contributed by atoms with Crippen molar-refractivity contribution in [3.05, 3.63) is 29.8 Å². The molecule has 0 radical (unpaired) electrons. The van der Waals surface area contributed by atoms with Crippen molar-refractivity contribution in [1.82, 2.24) is 5.32 Å². The molecule has 0 aliphatic carbocycles. The van der Waals surface area contributed by atoms with Gasteiger partial charge in [0.15, 0.2) is 0 Å². The second-order valence-electron chi connectivity index (χ2n) is 5.21. The van der Waals surface area contributed by atoms with Crippen molar-refractivity contribution in [2.24, 2.45) is 5.73 Å². The molecule has 1 rings (SSSR count). The fraction of sp³-hybridized carbons (Fsp3) is 0.600. The lowest BCUT2D eigenvalue weighted by atomic mass is 9.91. The molecule has 3 heteroatoms. The maximum atomic E-state index is 5.95. The lowest BCUT2D eigenvalue weighted by Crippen LogP contribution is -2.53. The van der Waals surface area contributed by atoms with Crippen LogP contribution in [0.5, 0.6) is 5.75 Å². The van der Waals surface area contributed by atoms with E-state index in [9.17, 15) is 0 Å². The summed E-state index contributed by atoms with van der Waals surface area (Å²) in [6.45, 7) is 7.15. The van der Waals surface area contributed by atoms with Gasteiger partial charge in [-0.15, -0.1) is 0 Å². The zero-order valence-electron chi connectivity index (χ0n) is 12.0. The minimum Gasteiger partial charge on any atom is -0.496 e. The Morgan fingerprint density at radius 2 is 2.06 bits per heavy atom. The Balaban J connectivity index is 2.84. The second kappa shape index (κ2) is 6.76. The largest absolute Gasteiger partial charge is 0.496 e. The Bertz CT molecular complexity index is 367. The van der Waals surface area contributed by atoms with Crippen LogP contribution >= 0.6 is 0 Å². The van der Waals surface area contributed by atoms with E-state index in [2.05, 4.69) is 32.2 Å². The number of hydrogen-bond acceptors (Lipinski definition) is 3. The summed E-state index contributed by atoms with van der Waals surface area (Å²) in [6, 6.07) is 8.59. The average Bonchev–Trinajstić information content (AvgIpc) is 2.39. The minimum atomic E-state index is -0.0932. The minimum absolute atomic E-state index is 0.0932. The Labute approximate surface area is 111 Å². The summed E-state index contributed by atoms with van der Waals surface area (Å²) in [7, 11) is 1.71. The molecule has 0 amide bonds. The summed E-state index contributed by atoms with van der Waals surface area (Å²) in [5, 5.41) is 3.61. The zero-order chi connectivity index (χ0) is 13.6. The fourth-order valence-corrected chi connectivity index (χ4v) is 2.15. The molecule has 2 unspecified atom stereocenters. The lowest BCUT2D eigenvalue weighted by molar-refractivity contribution is 0.312. The van der Waals surface area contributed by atoms with Gasteiger partial charge in [0.2, 0.25) is 0 Å². The molecular formula is C15H26N2O. The molecule has 18 heavy (non-hydrogen) atoms. The Kier molecular flexibility index (Phi) is 5.63. The van der Waals surface area contributed by atoms with Gasteiger partial charge in [-0.05, 0) is 38.3 Å². The molecular weight excluding hydrogens is 224 g/mol. The number of rotatable bonds is 7. The molecule has 1 aromatic carbocycles. The van der Waals surface area contributed by atoms with E-state index in [4.69, 9.17) is 10.5 Å². The molecule has 0 saturated carbocycles. The molecule has 0 aliphatic rings. The van der Waals surface area contributed by atoms with Crippen LogP contribution in [-0.4, -0.2) is 25.2 Å². The molecule has 0 spiro atoms. The SMILES string of the molecule is CCC(C)NC(C)(CN)Cc1ccccc1OC. The summed E-state index contributed by atoms with van der Waals surface area (Å²) >= 11 is 0. The Morgan fingerprint density at radius 1 is 1.39 bits per heavy atom. The summed E-state index contributed by atoms with van der Waals surface area (Å²) < 4.78 is 5.40. The van der Waals surface area contributed by atoms with Gasteiger partial charge in [-0.25, -0.2) is 0 Å². The molecule has 0 bridgehead atoms. The van der Waals surface area contributed by atoms with E-state index < -0.39 is 0 Å². The maximum Gasteiger partial charge on any atom is 0.122 e. The molecule has 1 aromatic rings. The first-order valence-corrected chi connectivity index (χ1v) is 6.64. The van der Waals surface area contributed by atoms with Gasteiger partial charge >= 0.3 is 0 Å². The highest BCUT2D eigenvalue weighted by Gasteiger charge is 2.25. The van der Waals surface area contributed by atoms with Crippen LogP contribution in [0.25, 0.3) is 0 Å². The number of para-hydroxylation sites is 1. The number of hydrogen-bond donors (Lipinski definition) is 2. The van der Waals surface area contributed by atoms with Crippen molar-refractivity contribution in [2.45, 2.75) is 45.2 Å². The molecule has 3 N–H and O–H groups in total. The van der Waals surface area contributed by atoms with Crippen LogP contribution in [0.15, 0.2) is 24.3 Å². The smallest absolute Gasteiger partial charge is 0.122 e. The second-order valence-corrected chi connectivity index (χ2v) is 5.21. The van der Waals surface area contributed by atoms with Crippen molar-refractivity contribution in [3.8, 4) is 5.75 Å². The van der Waals surface area contributed by atoms with Crippen molar-refractivity contribution in [2.75, 3.05) is 13.7 Å². The van der Waals surface area contributed by atoms with Gasteiger partial charge < -0.3 is 15.8 Å². The summed E-state index contributed by atoms with van der Waals surface area (Å²) in [5.74, 6) is 0.933. The third-order valence-electron chi connectivity index (χ3n) is 3.43. The third kappa shape index (κ3) is 4.00. The summed E-state index contributed by atoms with van der Waals surface area (Å²) in [5.41, 5.74) is 7.05. The van der Waals surface area contributed by atoms with Crippen LogP contribution in [0.2, 0.25) is 0 Å². The molecule has 0 aromatic heterocycles. The van der Waals surface area contributed by atoms with E-state index in [-0.39, 0.29) is 5.54 Å². The van der Waals surface area contributed by atoms with Gasteiger partial charge in [0, 0.05) is 18.1 Å². The van der Waals surface area contributed by atoms with Crippen LogP contribution in [-0.2, 0) is 6.42 Å². The summed E-state index contributed by atoms with van der Waals surface area (Å²) in [6.07, 6.45) is 1.97. The fourth-order valence-electron chi connectivity index (χ4n) is 2.15. The molecule has 0 aliphatic heterocycles. The normalized spacial score (nSPS) is 16.1. The van der Waals surface area contributed by atoms with Crippen molar-refractivity contribution in [1.29, 1.82) is 0 Å². The Hall–Kier alpha value is -1.06. The monoisotopic (exact) mass is 250 g/mol. The first kappa shape index (κ1) is 15.0. The number of methoxy groups -OCH3 is 1. The topological polar surface area (TPSA) is 47.3 Å². The van der Waals surface area contributed by atoms with E-state index in [0.717, 1.165) is 18.6 Å². The molecule has 0 heterocycles. The standard InChI is InChI=1S/C15H26N2O/c1-5-12(2)17-15(3,11-16)10-13-8-6-7-9-14(13)18-4/h6-9,12,17H,5,10-11,16H2,1-4H3. The average molecular weight is 250 g/mol. The number of ether oxygens (including phenoxy) is 1. The predicted octanol–water partition coefficient (Wildman–Crippen LogP) is 2.34. The highest BCUT2D eigenvalue weighted by atomic mass is 16.5. The van der Waals surface area contributed by atoms with E-state index >= 15 is 0 Å². The summed E-state index contributed by atoms with van der Waals surface area (Å²) in [4.78, 5) is 0. The van der Waals surface area contributed by atoms with E-state index in [1.807, 2.05) is 18.2 Å². The van der Waals surface area contributed by atoms with Crippen LogP contribution < -0.4 is 15.8 Å². The lowest BCUT2D eigenvalue weighted by Gasteiger charge is -2.33. The van der Waals surface area contributed by atoms with Gasteiger partial charge in [-0.3, -0.25) is 0 Å². The van der Waals surface area contributed by atoms with E-state index in [0.29, 0.717) is 12.6 Å². The van der Waals surface area contributed by atoms with Crippen molar-refractivity contribution in [3.63, 3.8) is 0 Å². The quantitative estimate of drug-likeness (QED) is 0.781. The van der Waals surface area contributed by atoms with Gasteiger partial charge in [0.25, 0.3) is 0 Å². The molecule has 2 atom stereocenters. The van der Waals surface area contributed by atoms with Gasteiger partial charge in [-0.1, -0.05) is 25.1 Å². The molecule has 0 saturated heterocycles. The van der Waals surface area contributed by atoms with Gasteiger partial charge in [0.1, 0.15) is 5.75 Å². The van der Waals surface area contributed by atoms with Gasteiger partial charge in [-0.2, -0.15) is 0 Å². The molecule has 3 nitrogen and oxygen atoms in total. The third-order valence-corrected chi connectivity index (χ3v) is 3.43. The zero-order valence-corrected chi connectivity index (χ0v) is 12.0. The molecule has 102 valence electrons. The first-order chi connectivity index (χ1) is 8.54. The highest BCUT2D eigenvalue weighted by Crippen LogP contribution is 2.22. The highest BCUT2D eigenvalue weighted by molar-refractivity contribution is 5.34. The predicted molar refractivity (Wildman–Crippen MR) is 77.0 cm³/mol. The number of benzene rings is 1. The van der Waals surface area contributed by atoms with Crippen molar-refractivity contribution >= 4 is 0 Å². The van der Waals surface area contributed by atoms with E-state index in [1.54, 1.807) is 7.11 Å². The maximum absolute atomic E-state index is 5.95. The number of nitrogens with two attached hydrogens (primary N) is 1. The first-order valence-electron chi connectivity index (χ1n) is 6.64. The molecule has 0 fully saturated rings. The Morgan fingerprint density at radius 3 is 2.61 bits per heavy atom. The van der Waals surface area contributed by atoms with Crippen LogP contribution in [0.3, 0.4) is 0 Å².